The number of hydrogen-bond acceptors (Lipinski definition) is 9. The second-order valence-electron chi connectivity index (χ2n) is 16.2. The van der Waals surface area contributed by atoms with Crippen LogP contribution in [-0.2, 0) is 38.4 Å². The van der Waals surface area contributed by atoms with Crippen LogP contribution in [0.2, 0.25) is 0 Å². The van der Waals surface area contributed by atoms with E-state index in [9.17, 15) is 32.3 Å². The van der Waals surface area contributed by atoms with Gasteiger partial charge in [-0.15, -0.1) is 5.10 Å². The Morgan fingerprint density at radius 1 is 0.950 bits per heavy atom. The fourth-order valence-electron chi connectivity index (χ4n) is 8.85. The van der Waals surface area contributed by atoms with Crippen LogP contribution in [0.15, 0.2) is 72.9 Å². The normalized spacial score (nSPS) is 23.3. The number of ether oxygens (including phenoxy) is 2. The number of amides is 4. The van der Waals surface area contributed by atoms with Crippen molar-refractivity contribution < 1.29 is 41.8 Å². The van der Waals surface area contributed by atoms with Gasteiger partial charge in [-0.25, -0.2) is 9.67 Å². The van der Waals surface area contributed by atoms with Crippen LogP contribution in [0.1, 0.15) is 66.2 Å². The number of fused-ring (bicyclic) bond motifs is 8. The number of likely N-dealkylation sites (tertiary alicyclic amines) is 1. The van der Waals surface area contributed by atoms with E-state index in [-0.39, 0.29) is 97.4 Å². The second kappa shape index (κ2) is 17.4. The predicted octanol–water partition coefficient (Wildman–Crippen LogP) is 4.58. The lowest BCUT2D eigenvalue weighted by Gasteiger charge is -2.40. The van der Waals surface area contributed by atoms with E-state index in [2.05, 4.69) is 20.6 Å². The largest absolute Gasteiger partial charge is 0.478 e. The number of alkyl halides is 3. The van der Waals surface area contributed by atoms with Crippen LogP contribution in [0, 0.1) is 11.8 Å². The van der Waals surface area contributed by atoms with Gasteiger partial charge in [0.1, 0.15) is 11.7 Å². The van der Waals surface area contributed by atoms with E-state index < -0.39 is 29.8 Å². The number of benzene rings is 2. The Kier molecular flexibility index (Phi) is 11.9. The Hall–Kier alpha value is -5.84. The van der Waals surface area contributed by atoms with Crippen molar-refractivity contribution in [2.45, 2.75) is 76.5 Å². The Bertz CT molecular complexity index is 2220. The smallest absolute Gasteiger partial charge is 0.416 e. The maximum Gasteiger partial charge on any atom is 0.416 e. The summed E-state index contributed by atoms with van der Waals surface area (Å²) in [6, 6.07) is 16.8. The van der Waals surface area contributed by atoms with Gasteiger partial charge in [-0.1, -0.05) is 47.7 Å². The number of nitrogens with one attached hydrogen (secondary N) is 1. The molecule has 4 aromatic rings. The van der Waals surface area contributed by atoms with Gasteiger partial charge in [-0.3, -0.25) is 19.2 Å². The molecule has 5 atom stereocenters. The molecule has 0 saturated carbocycles. The molecule has 2 aromatic carbocycles. The topological polar surface area (TPSA) is 152 Å². The van der Waals surface area contributed by atoms with Gasteiger partial charge in [-0.05, 0) is 54.9 Å². The molecule has 0 unspecified atom stereocenters. The summed E-state index contributed by atoms with van der Waals surface area (Å²) in [5.74, 6) is -1.53. The van der Waals surface area contributed by atoms with E-state index >= 15 is 0 Å². The van der Waals surface area contributed by atoms with Gasteiger partial charge in [0.25, 0.3) is 5.91 Å². The van der Waals surface area contributed by atoms with Crippen LogP contribution in [-0.4, -0.2) is 116 Å². The minimum atomic E-state index is -4.69. The molecule has 6 bridgehead atoms. The Morgan fingerprint density at radius 2 is 1.77 bits per heavy atom. The molecule has 316 valence electrons. The molecule has 14 nitrogen and oxygen atoms in total. The molecule has 4 amide bonds. The summed E-state index contributed by atoms with van der Waals surface area (Å²) in [5, 5.41) is 11.4. The van der Waals surface area contributed by atoms with E-state index in [1.165, 1.54) is 17.9 Å². The van der Waals surface area contributed by atoms with Crippen molar-refractivity contribution in [3.8, 4) is 17.1 Å². The minimum absolute atomic E-state index is 0.000577. The third-order valence-corrected chi connectivity index (χ3v) is 11.9. The first-order valence-electron chi connectivity index (χ1n) is 20.4. The summed E-state index contributed by atoms with van der Waals surface area (Å²) >= 11 is 0. The molecule has 1 N–H and O–H groups in total. The lowest BCUT2D eigenvalue weighted by Crippen LogP contribution is -2.52. The predicted molar refractivity (Wildman–Crippen MR) is 210 cm³/mol. The lowest BCUT2D eigenvalue weighted by molar-refractivity contribution is -0.139. The Balaban J connectivity index is 1.05. The molecule has 0 radical (unpaired) electrons. The SMILES string of the molecule is CC(=O)N[C@@H]1CCN(C(=O)C[C@@H]2CCN3C[C@@H]2CCOc2cc(C(F)(F)F)cc(n2)-c2cccc(c2)C(=O)N2C[C@H](OCc4cn(Cc5ccccc5)nn4)C[C@H]2C3=O)C1. The fraction of sp³-hybridized carbons (Fsp3) is 0.465. The van der Waals surface area contributed by atoms with Crippen LogP contribution in [0.3, 0.4) is 0 Å². The van der Waals surface area contributed by atoms with Crippen LogP contribution < -0.4 is 10.1 Å². The van der Waals surface area contributed by atoms with E-state index in [1.54, 1.807) is 38.9 Å². The number of carbonyl (C=O) groups excluding carboxylic acids is 4. The zero-order valence-corrected chi connectivity index (χ0v) is 33.2. The summed E-state index contributed by atoms with van der Waals surface area (Å²) in [4.78, 5) is 63.7. The van der Waals surface area contributed by atoms with Gasteiger partial charge in [0.2, 0.25) is 23.6 Å². The van der Waals surface area contributed by atoms with Crippen LogP contribution in [0.5, 0.6) is 5.88 Å². The van der Waals surface area contributed by atoms with E-state index in [0.29, 0.717) is 51.1 Å². The average molecular weight is 829 g/mol. The summed E-state index contributed by atoms with van der Waals surface area (Å²) in [6.07, 6.45) is -1.51. The second-order valence-corrected chi connectivity index (χ2v) is 16.2. The molecule has 4 aliphatic rings. The Labute approximate surface area is 345 Å². The molecule has 4 aliphatic heterocycles. The van der Waals surface area contributed by atoms with Crippen LogP contribution >= 0.6 is 0 Å². The quantitative estimate of drug-likeness (QED) is 0.269. The number of nitrogens with zero attached hydrogens (tertiary/aromatic N) is 7. The minimum Gasteiger partial charge on any atom is -0.478 e. The maximum absolute atomic E-state index is 14.6. The molecule has 2 aromatic heterocycles. The number of aromatic nitrogens is 4. The highest BCUT2D eigenvalue weighted by Gasteiger charge is 2.44. The first kappa shape index (κ1) is 40.9. The number of hydrogen-bond donors (Lipinski definition) is 1. The number of halogens is 3. The molecule has 6 heterocycles. The average Bonchev–Trinajstić information content (AvgIpc) is 4.00. The van der Waals surface area contributed by atoms with Crippen molar-refractivity contribution in [2.75, 3.05) is 39.3 Å². The first-order chi connectivity index (χ1) is 28.9. The highest BCUT2D eigenvalue weighted by atomic mass is 19.4. The van der Waals surface area contributed by atoms with Crippen molar-refractivity contribution in [3.05, 3.63) is 95.3 Å². The van der Waals surface area contributed by atoms with Crippen molar-refractivity contribution in [1.29, 1.82) is 0 Å². The van der Waals surface area contributed by atoms with Crippen molar-refractivity contribution in [3.63, 3.8) is 0 Å². The summed E-state index contributed by atoms with van der Waals surface area (Å²) in [5.41, 5.74) is 1.14. The van der Waals surface area contributed by atoms with Crippen LogP contribution in [0.25, 0.3) is 11.3 Å². The van der Waals surface area contributed by atoms with E-state index in [4.69, 9.17) is 9.47 Å². The van der Waals surface area contributed by atoms with Gasteiger partial charge in [-0.2, -0.15) is 13.2 Å². The third kappa shape index (κ3) is 9.46. The first-order valence-corrected chi connectivity index (χ1v) is 20.4. The zero-order chi connectivity index (χ0) is 42.0. The Morgan fingerprint density at radius 3 is 2.57 bits per heavy atom. The maximum atomic E-state index is 14.6. The van der Waals surface area contributed by atoms with Crippen LogP contribution in [0.4, 0.5) is 13.2 Å². The number of pyridine rings is 1. The lowest BCUT2D eigenvalue weighted by atomic mass is 9.80. The molecule has 8 rings (SSSR count). The van der Waals surface area contributed by atoms with Gasteiger partial charge in [0, 0.05) is 75.7 Å². The number of piperidine rings is 1. The van der Waals surface area contributed by atoms with Gasteiger partial charge in [0.15, 0.2) is 0 Å². The molecular formula is C43H47F3N8O6. The van der Waals surface area contributed by atoms with Crippen molar-refractivity contribution >= 4 is 23.6 Å². The van der Waals surface area contributed by atoms with E-state index in [1.807, 2.05) is 30.3 Å². The highest BCUT2D eigenvalue weighted by molar-refractivity contribution is 5.99. The van der Waals surface area contributed by atoms with Gasteiger partial charge in [0.05, 0.1) is 43.3 Å². The molecular weight excluding hydrogens is 782 g/mol. The molecule has 3 fully saturated rings. The van der Waals surface area contributed by atoms with E-state index in [0.717, 1.165) is 17.7 Å². The summed E-state index contributed by atoms with van der Waals surface area (Å²) in [6.45, 7) is 3.72. The van der Waals surface area contributed by atoms with Gasteiger partial charge < -0.3 is 29.5 Å². The molecule has 60 heavy (non-hydrogen) atoms. The fourth-order valence-corrected chi connectivity index (χ4v) is 8.85. The van der Waals surface area contributed by atoms with Gasteiger partial charge >= 0.3 is 6.18 Å². The molecule has 17 heteroatoms. The number of carbonyl (C=O) groups is 4. The molecule has 0 aliphatic carbocycles. The highest BCUT2D eigenvalue weighted by Crippen LogP contribution is 2.37. The summed E-state index contributed by atoms with van der Waals surface area (Å²) in [7, 11) is 0. The van der Waals surface area contributed by atoms with Crippen molar-refractivity contribution in [1.82, 2.24) is 40.0 Å². The number of rotatable bonds is 8. The summed E-state index contributed by atoms with van der Waals surface area (Å²) < 4.78 is 56.5. The van der Waals surface area contributed by atoms with Crippen molar-refractivity contribution in [2.24, 2.45) is 11.8 Å². The third-order valence-electron chi connectivity index (χ3n) is 11.9. The zero-order valence-electron chi connectivity index (χ0n) is 33.2. The molecule has 0 spiro atoms. The standard InChI is InChI=1S/C43H47F3N8O6/c1-27(55)47-34-11-14-51(23-34)40(56)17-29-10-13-52-22-32(29)12-15-59-39-19-33(43(44,45)46)18-37(48-39)30-8-5-9-31(16-30)41(57)54-25-36(20-38(54)42(52)58)60-26-35-24-53(50-49-35)21-28-6-3-2-4-7-28/h2-9,16,18-19,24,29,32,34,36,38H,10-15,17,20-23,25-26H2,1H3,(H,47,55)/t29-,32-,34+,36+,38-/m0/s1. The molecule has 3 saturated heterocycles. The monoisotopic (exact) mass is 828 g/mol.